The first-order chi connectivity index (χ1) is 24.8. The number of phosphoric ester groups is 1. The molecule has 0 spiro atoms. The fraction of sp³-hybridized carbons (Fsp3) is 0.550. The maximum absolute atomic E-state index is 12.3. The molecule has 11 heteroatoms. The average Bonchev–Trinajstić information content (AvgIpc) is 3.12. The Labute approximate surface area is 306 Å². The first-order valence-electron chi connectivity index (χ1n) is 18.2. The van der Waals surface area contributed by atoms with Crippen LogP contribution >= 0.6 is 7.82 Å². The zero-order valence-corrected chi connectivity index (χ0v) is 31.7. The van der Waals surface area contributed by atoms with Gasteiger partial charge in [-0.1, -0.05) is 111 Å². The van der Waals surface area contributed by atoms with E-state index in [1.807, 2.05) is 18.2 Å². The maximum Gasteiger partial charge on any atom is 0.472 e. The SMILES string of the molecule is CC/C=C\C/C=C\C/C=C\C/C=C\CCCCC(=O)OC(CO)COP(=O)(O)OCC(CO)OC(=O)CC/C=C\C/C=C\C/C=C\C/C=C\CC. The number of aliphatic hydroxyl groups excluding tert-OH is 2. The van der Waals surface area contributed by atoms with Crippen LogP contribution in [0.2, 0.25) is 0 Å². The van der Waals surface area contributed by atoms with Crippen LogP contribution in [0.25, 0.3) is 0 Å². The fourth-order valence-corrected chi connectivity index (χ4v) is 4.84. The van der Waals surface area contributed by atoms with E-state index in [0.717, 1.165) is 64.2 Å². The molecule has 3 unspecified atom stereocenters. The third-order valence-corrected chi connectivity index (χ3v) is 7.76. The van der Waals surface area contributed by atoms with Gasteiger partial charge in [-0.05, 0) is 77.0 Å². The van der Waals surface area contributed by atoms with Crippen LogP contribution in [-0.2, 0) is 32.7 Å². The molecule has 3 atom stereocenters. The van der Waals surface area contributed by atoms with Crippen LogP contribution in [0.1, 0.15) is 104 Å². The summed E-state index contributed by atoms with van der Waals surface area (Å²) in [5, 5.41) is 19.0. The number of esters is 2. The molecule has 0 saturated carbocycles. The number of carbonyl (C=O) groups excluding carboxylic acids is 2. The summed E-state index contributed by atoms with van der Waals surface area (Å²) >= 11 is 0. The molecule has 0 amide bonds. The minimum absolute atomic E-state index is 0.0615. The molecule has 0 heterocycles. The van der Waals surface area contributed by atoms with Gasteiger partial charge in [0.15, 0.2) is 0 Å². The third-order valence-electron chi connectivity index (χ3n) is 6.81. The Morgan fingerprint density at radius 2 is 0.882 bits per heavy atom. The molecular formula is C40H63O10P. The van der Waals surface area contributed by atoms with Gasteiger partial charge in [-0.25, -0.2) is 4.57 Å². The Bertz CT molecular complexity index is 1170. The number of ether oxygens (including phenoxy) is 2. The van der Waals surface area contributed by atoms with Crippen LogP contribution in [0.5, 0.6) is 0 Å². The van der Waals surface area contributed by atoms with E-state index in [0.29, 0.717) is 12.8 Å². The molecule has 0 fully saturated rings. The highest BCUT2D eigenvalue weighted by Crippen LogP contribution is 2.43. The molecule has 0 radical (unpaired) electrons. The number of phosphoric acid groups is 1. The number of hydrogen-bond acceptors (Lipinski definition) is 9. The molecule has 0 aliphatic rings. The predicted octanol–water partition coefficient (Wildman–Crippen LogP) is 8.88. The van der Waals surface area contributed by atoms with Crippen LogP contribution in [-0.4, -0.2) is 65.7 Å². The minimum atomic E-state index is -4.67. The summed E-state index contributed by atoms with van der Waals surface area (Å²) in [5.74, 6) is -1.16. The number of carbonyl (C=O) groups is 2. The molecule has 288 valence electrons. The summed E-state index contributed by atoms with van der Waals surface area (Å²) in [6.07, 6.45) is 41.2. The molecule has 51 heavy (non-hydrogen) atoms. The Kier molecular flexibility index (Phi) is 33.1. The Morgan fingerprint density at radius 1 is 0.529 bits per heavy atom. The number of unbranched alkanes of at least 4 members (excludes halogenated alkanes) is 2. The van der Waals surface area contributed by atoms with Crippen molar-refractivity contribution < 1.29 is 47.8 Å². The van der Waals surface area contributed by atoms with Crippen LogP contribution in [0.15, 0.2) is 97.2 Å². The number of rotatable bonds is 32. The van der Waals surface area contributed by atoms with Crippen LogP contribution in [0.3, 0.4) is 0 Å². The van der Waals surface area contributed by atoms with Gasteiger partial charge in [0.2, 0.25) is 0 Å². The van der Waals surface area contributed by atoms with E-state index in [9.17, 15) is 29.3 Å². The van der Waals surface area contributed by atoms with Crippen molar-refractivity contribution in [1.82, 2.24) is 0 Å². The lowest BCUT2D eigenvalue weighted by molar-refractivity contribution is -0.153. The lowest BCUT2D eigenvalue weighted by Gasteiger charge is -2.20. The van der Waals surface area contributed by atoms with Gasteiger partial charge in [-0.3, -0.25) is 18.6 Å². The second-order valence-electron chi connectivity index (χ2n) is 11.4. The first kappa shape index (κ1) is 47.9. The summed E-state index contributed by atoms with van der Waals surface area (Å²) in [4.78, 5) is 34.3. The molecule has 3 N–H and O–H groups in total. The minimum Gasteiger partial charge on any atom is -0.457 e. The van der Waals surface area contributed by atoms with Gasteiger partial charge in [-0.15, -0.1) is 0 Å². The Hall–Kier alpha value is -3.11. The summed E-state index contributed by atoms with van der Waals surface area (Å²) < 4.78 is 32.3. The smallest absolute Gasteiger partial charge is 0.457 e. The van der Waals surface area contributed by atoms with Crippen molar-refractivity contribution in [2.75, 3.05) is 26.4 Å². The topological polar surface area (TPSA) is 149 Å². The van der Waals surface area contributed by atoms with Crippen molar-refractivity contribution in [3.63, 3.8) is 0 Å². The number of hydrogen-bond donors (Lipinski definition) is 3. The molecule has 0 aliphatic heterocycles. The zero-order valence-electron chi connectivity index (χ0n) is 30.8. The molecule has 0 aromatic carbocycles. The molecule has 10 nitrogen and oxygen atoms in total. The highest BCUT2D eigenvalue weighted by molar-refractivity contribution is 7.47. The van der Waals surface area contributed by atoms with E-state index < -0.39 is 58.4 Å². The highest BCUT2D eigenvalue weighted by Gasteiger charge is 2.27. The first-order valence-corrected chi connectivity index (χ1v) is 19.7. The van der Waals surface area contributed by atoms with Gasteiger partial charge in [0, 0.05) is 12.8 Å². The second-order valence-corrected chi connectivity index (χ2v) is 12.9. The number of aliphatic hydroxyl groups is 2. The van der Waals surface area contributed by atoms with Gasteiger partial charge in [0.25, 0.3) is 0 Å². The van der Waals surface area contributed by atoms with E-state index in [1.54, 1.807) is 0 Å². The fourth-order valence-electron chi connectivity index (χ4n) is 4.06. The van der Waals surface area contributed by atoms with E-state index in [-0.39, 0.29) is 12.8 Å². The molecule has 0 aromatic rings. The third kappa shape index (κ3) is 33.8. The average molecular weight is 735 g/mol. The van der Waals surface area contributed by atoms with Crippen molar-refractivity contribution in [2.45, 2.75) is 116 Å². The normalized spacial score (nSPS) is 15.2. The molecule has 0 aliphatic carbocycles. The Balaban J connectivity index is 4.18. The predicted molar refractivity (Wildman–Crippen MR) is 205 cm³/mol. The van der Waals surface area contributed by atoms with Crippen LogP contribution in [0.4, 0.5) is 0 Å². The van der Waals surface area contributed by atoms with Crippen molar-refractivity contribution in [1.29, 1.82) is 0 Å². The van der Waals surface area contributed by atoms with Gasteiger partial charge in [-0.2, -0.15) is 0 Å². The second kappa shape index (κ2) is 35.3. The van der Waals surface area contributed by atoms with Gasteiger partial charge in [0.1, 0.15) is 12.2 Å². The Morgan fingerprint density at radius 3 is 1.27 bits per heavy atom. The lowest BCUT2D eigenvalue weighted by Crippen LogP contribution is -2.28. The quantitative estimate of drug-likeness (QED) is 0.0265. The lowest BCUT2D eigenvalue weighted by atomic mass is 10.2. The van der Waals surface area contributed by atoms with Crippen molar-refractivity contribution >= 4 is 19.8 Å². The van der Waals surface area contributed by atoms with Crippen LogP contribution < -0.4 is 0 Å². The van der Waals surface area contributed by atoms with Gasteiger partial charge < -0.3 is 24.6 Å². The summed E-state index contributed by atoms with van der Waals surface area (Å²) in [6, 6.07) is 0. The molecule has 0 rings (SSSR count). The maximum atomic E-state index is 12.3. The molecule has 0 saturated heterocycles. The van der Waals surface area contributed by atoms with Gasteiger partial charge in [0.05, 0.1) is 26.4 Å². The largest absolute Gasteiger partial charge is 0.472 e. The van der Waals surface area contributed by atoms with Gasteiger partial charge >= 0.3 is 19.8 Å². The molecular weight excluding hydrogens is 671 g/mol. The summed E-state index contributed by atoms with van der Waals surface area (Å²) in [6.45, 7) is 1.79. The van der Waals surface area contributed by atoms with E-state index >= 15 is 0 Å². The number of allylic oxidation sites excluding steroid dienone is 16. The van der Waals surface area contributed by atoms with E-state index in [1.165, 1.54) is 0 Å². The standard InChI is InChI=1S/C40H63O10P/c1-3-5-7-9-11-13-15-17-18-20-22-24-26-28-30-32-40(44)50-38(34-42)36-48-51(45,46)47-35-37(33-41)49-39(43)31-29-27-25-23-21-19-16-14-12-10-8-6-4-2/h5-8,11-14,17-19,21-22,24-25,27,37-38,41-42H,3-4,9-10,15-16,20,23,26,28-36H2,1-2H3,(H,45,46)/b7-5-,8-6-,13-11-,14-12-,18-17-,21-19-,24-22-,27-25-. The van der Waals surface area contributed by atoms with Crippen molar-refractivity contribution in [2.24, 2.45) is 0 Å². The van der Waals surface area contributed by atoms with Crippen molar-refractivity contribution in [3.8, 4) is 0 Å². The molecule has 0 bridgehead atoms. The highest BCUT2D eigenvalue weighted by atomic mass is 31.2. The van der Waals surface area contributed by atoms with E-state index in [2.05, 4.69) is 92.8 Å². The molecule has 0 aromatic heterocycles. The van der Waals surface area contributed by atoms with Crippen molar-refractivity contribution in [3.05, 3.63) is 97.2 Å². The van der Waals surface area contributed by atoms with Crippen LogP contribution in [0, 0.1) is 0 Å². The van der Waals surface area contributed by atoms with E-state index in [4.69, 9.17) is 18.5 Å². The summed E-state index contributed by atoms with van der Waals surface area (Å²) in [7, 11) is -4.67. The zero-order chi connectivity index (χ0) is 37.7. The summed E-state index contributed by atoms with van der Waals surface area (Å²) in [5.41, 5.74) is 0. The monoisotopic (exact) mass is 734 g/mol.